The van der Waals surface area contributed by atoms with Gasteiger partial charge in [-0.05, 0) is 12.1 Å². The molecule has 0 saturated carbocycles. The number of benzene rings is 1. The molecule has 7 nitrogen and oxygen atoms in total. The molecule has 2 heterocycles. The van der Waals surface area contributed by atoms with Crippen molar-refractivity contribution >= 4 is 68.1 Å². The molecule has 0 aliphatic carbocycles. The topological polar surface area (TPSA) is 124 Å². The fraction of sp³-hybridized carbons (Fsp3) is 0.176. The van der Waals surface area contributed by atoms with Gasteiger partial charge in [0.1, 0.15) is 4.83 Å². The van der Waals surface area contributed by atoms with Gasteiger partial charge in [0.25, 0.3) is 0 Å². The molecular formula is C17H15Cl2N5O2S. The minimum absolute atomic E-state index is 0.134. The lowest BCUT2D eigenvalue weighted by molar-refractivity contribution is -0.117. The summed E-state index contributed by atoms with van der Waals surface area (Å²) in [6, 6.07) is 5.08. The Labute approximate surface area is 168 Å². The molecule has 0 aliphatic rings. The van der Waals surface area contributed by atoms with Crippen LogP contribution in [0.3, 0.4) is 0 Å². The number of nitrogens with zero attached hydrogens (tertiary/aromatic N) is 2. The van der Waals surface area contributed by atoms with Gasteiger partial charge in [0.05, 0.1) is 31.7 Å². The second kappa shape index (κ2) is 7.67. The summed E-state index contributed by atoms with van der Waals surface area (Å²) in [4.78, 5) is 32.7. The first-order valence-electron chi connectivity index (χ1n) is 7.86. The van der Waals surface area contributed by atoms with Crippen LogP contribution in [-0.4, -0.2) is 28.2 Å². The molecule has 3 rings (SSSR count). The SMILES string of the molecule is CC(=O)c1sc2nc(NCCC(N)=O)nc(-c3ccc(Cl)c(Cl)c3)c2c1N. The highest BCUT2D eigenvalue weighted by Crippen LogP contribution is 2.40. The number of aromatic nitrogens is 2. The predicted octanol–water partition coefficient (Wildman–Crippen LogP) is 3.74. The maximum absolute atomic E-state index is 11.9. The Kier molecular flexibility index (Phi) is 5.50. The van der Waals surface area contributed by atoms with Crippen LogP contribution in [0.4, 0.5) is 11.6 Å². The minimum atomic E-state index is -0.437. The van der Waals surface area contributed by atoms with Crippen LogP contribution in [0, 0.1) is 0 Å². The third-order valence-corrected chi connectivity index (χ3v) is 5.70. The summed E-state index contributed by atoms with van der Waals surface area (Å²) < 4.78 is 0. The molecule has 1 aromatic carbocycles. The number of Topliss-reactive ketones (excluding diaryl/α,β-unsaturated/α-hetero) is 1. The number of carbonyl (C=O) groups is 2. The molecule has 0 atom stereocenters. The molecule has 0 fully saturated rings. The zero-order valence-corrected chi connectivity index (χ0v) is 16.5. The molecule has 140 valence electrons. The van der Waals surface area contributed by atoms with Crippen LogP contribution in [0.5, 0.6) is 0 Å². The quantitative estimate of drug-likeness (QED) is 0.518. The van der Waals surface area contributed by atoms with Crippen LogP contribution in [0.2, 0.25) is 10.0 Å². The predicted molar refractivity (Wildman–Crippen MR) is 110 cm³/mol. The van der Waals surface area contributed by atoms with Crippen molar-refractivity contribution in [2.45, 2.75) is 13.3 Å². The zero-order valence-electron chi connectivity index (χ0n) is 14.2. The highest BCUT2D eigenvalue weighted by molar-refractivity contribution is 7.21. The number of fused-ring (bicyclic) bond motifs is 1. The van der Waals surface area contributed by atoms with E-state index in [1.807, 2.05) is 0 Å². The Hall–Kier alpha value is -2.42. The number of nitrogens with one attached hydrogen (secondary N) is 1. The zero-order chi connectivity index (χ0) is 19.7. The Morgan fingerprint density at radius 3 is 2.59 bits per heavy atom. The highest BCUT2D eigenvalue weighted by Gasteiger charge is 2.20. The Morgan fingerprint density at radius 2 is 1.96 bits per heavy atom. The monoisotopic (exact) mass is 423 g/mol. The number of primary amides is 1. The fourth-order valence-corrected chi connectivity index (χ4v) is 3.80. The number of hydrogen-bond donors (Lipinski definition) is 3. The number of thiophene rings is 1. The number of nitrogens with two attached hydrogens (primary N) is 2. The summed E-state index contributed by atoms with van der Waals surface area (Å²) >= 11 is 13.3. The summed E-state index contributed by atoms with van der Waals surface area (Å²) in [5.74, 6) is -0.299. The van der Waals surface area contributed by atoms with Crippen LogP contribution in [-0.2, 0) is 4.79 Å². The lowest BCUT2D eigenvalue weighted by atomic mass is 10.1. The molecule has 27 heavy (non-hydrogen) atoms. The van der Waals surface area contributed by atoms with Gasteiger partial charge in [0.2, 0.25) is 11.9 Å². The Bertz CT molecular complexity index is 1070. The summed E-state index contributed by atoms with van der Waals surface area (Å²) in [5, 5.41) is 4.31. The van der Waals surface area contributed by atoms with Gasteiger partial charge in [-0.2, -0.15) is 0 Å². The maximum Gasteiger partial charge on any atom is 0.224 e. The van der Waals surface area contributed by atoms with E-state index in [1.165, 1.54) is 18.3 Å². The molecule has 10 heteroatoms. The van der Waals surface area contributed by atoms with E-state index in [0.717, 1.165) is 0 Å². The average molecular weight is 424 g/mol. The molecule has 5 N–H and O–H groups in total. The fourth-order valence-electron chi connectivity index (χ4n) is 2.51. The van der Waals surface area contributed by atoms with Crippen molar-refractivity contribution in [3.63, 3.8) is 0 Å². The molecule has 0 spiro atoms. The van der Waals surface area contributed by atoms with Gasteiger partial charge < -0.3 is 16.8 Å². The van der Waals surface area contributed by atoms with Gasteiger partial charge in [-0.15, -0.1) is 11.3 Å². The van der Waals surface area contributed by atoms with Gasteiger partial charge in [-0.3, -0.25) is 9.59 Å². The number of anilines is 2. The lowest BCUT2D eigenvalue weighted by Crippen LogP contribution is -2.16. The number of rotatable bonds is 6. The van der Waals surface area contributed by atoms with Crippen molar-refractivity contribution in [1.29, 1.82) is 0 Å². The molecule has 0 saturated heterocycles. The summed E-state index contributed by atoms with van der Waals surface area (Å²) in [5.41, 5.74) is 12.9. The lowest BCUT2D eigenvalue weighted by Gasteiger charge is -2.09. The number of ketones is 1. The first kappa shape index (κ1) is 19.3. The van der Waals surface area contributed by atoms with Crippen LogP contribution >= 0.6 is 34.5 Å². The highest BCUT2D eigenvalue weighted by atomic mass is 35.5. The van der Waals surface area contributed by atoms with Crippen molar-refractivity contribution in [3.8, 4) is 11.3 Å². The number of carbonyl (C=O) groups excluding carboxylic acids is 2. The van der Waals surface area contributed by atoms with E-state index in [0.29, 0.717) is 48.0 Å². The van der Waals surface area contributed by atoms with E-state index in [-0.39, 0.29) is 18.7 Å². The van der Waals surface area contributed by atoms with Gasteiger partial charge in [0.15, 0.2) is 5.78 Å². The van der Waals surface area contributed by atoms with E-state index in [4.69, 9.17) is 34.7 Å². The molecule has 1 amide bonds. The van der Waals surface area contributed by atoms with Crippen LogP contribution in [0.1, 0.15) is 23.0 Å². The van der Waals surface area contributed by atoms with Crippen molar-refractivity contribution in [2.75, 3.05) is 17.6 Å². The van der Waals surface area contributed by atoms with Gasteiger partial charge >= 0.3 is 0 Å². The largest absolute Gasteiger partial charge is 0.397 e. The first-order chi connectivity index (χ1) is 12.8. The molecule has 2 aromatic heterocycles. The van der Waals surface area contributed by atoms with E-state index in [9.17, 15) is 9.59 Å². The summed E-state index contributed by atoms with van der Waals surface area (Å²) in [6.07, 6.45) is 0.134. The molecule has 0 bridgehead atoms. The van der Waals surface area contributed by atoms with E-state index in [2.05, 4.69) is 15.3 Å². The minimum Gasteiger partial charge on any atom is -0.397 e. The molecular weight excluding hydrogens is 409 g/mol. The normalized spacial score (nSPS) is 10.9. The number of halogens is 2. The standard InChI is InChI=1S/C17H15Cl2N5O2S/c1-7(25)15-13(21)12-14(8-2-3-9(18)10(19)6-8)23-17(24-16(12)27-15)22-5-4-11(20)26/h2-3,6H,4-5,21H2,1H3,(H2,20,26)(H,22,23,24). The second-order valence-corrected chi connectivity index (χ2v) is 7.56. The van der Waals surface area contributed by atoms with E-state index in [1.54, 1.807) is 18.2 Å². The molecule has 0 unspecified atom stereocenters. The smallest absolute Gasteiger partial charge is 0.224 e. The van der Waals surface area contributed by atoms with Gasteiger partial charge in [0, 0.05) is 25.5 Å². The maximum atomic E-state index is 11.9. The molecule has 3 aromatic rings. The van der Waals surface area contributed by atoms with Gasteiger partial charge in [-0.1, -0.05) is 29.3 Å². The van der Waals surface area contributed by atoms with Gasteiger partial charge in [-0.25, -0.2) is 9.97 Å². The number of nitrogen functional groups attached to an aromatic ring is 1. The summed E-state index contributed by atoms with van der Waals surface area (Å²) in [7, 11) is 0. The molecule has 0 radical (unpaired) electrons. The third-order valence-electron chi connectivity index (χ3n) is 3.76. The average Bonchev–Trinajstić information content (AvgIpc) is 2.93. The van der Waals surface area contributed by atoms with Crippen molar-refractivity contribution in [3.05, 3.63) is 33.1 Å². The van der Waals surface area contributed by atoms with Crippen molar-refractivity contribution in [2.24, 2.45) is 5.73 Å². The van der Waals surface area contributed by atoms with Crippen LogP contribution < -0.4 is 16.8 Å². The Morgan fingerprint density at radius 1 is 1.22 bits per heavy atom. The van der Waals surface area contributed by atoms with Crippen molar-refractivity contribution in [1.82, 2.24) is 9.97 Å². The first-order valence-corrected chi connectivity index (χ1v) is 9.43. The third kappa shape index (κ3) is 3.97. The Balaban J connectivity index is 2.19. The van der Waals surface area contributed by atoms with Crippen molar-refractivity contribution < 1.29 is 9.59 Å². The van der Waals surface area contributed by atoms with Crippen LogP contribution in [0.25, 0.3) is 21.5 Å². The van der Waals surface area contributed by atoms with E-state index < -0.39 is 5.91 Å². The summed E-state index contributed by atoms with van der Waals surface area (Å²) in [6.45, 7) is 1.72. The van der Waals surface area contributed by atoms with E-state index >= 15 is 0 Å². The second-order valence-electron chi connectivity index (χ2n) is 5.75. The van der Waals surface area contributed by atoms with Crippen LogP contribution in [0.15, 0.2) is 18.2 Å². The molecule has 0 aliphatic heterocycles. The number of amides is 1. The number of hydrogen-bond acceptors (Lipinski definition) is 7.